The highest BCUT2D eigenvalue weighted by Gasteiger charge is 2.32. The Bertz CT molecular complexity index is 1010. The van der Waals surface area contributed by atoms with Crippen molar-refractivity contribution in [2.24, 2.45) is 5.92 Å². The second kappa shape index (κ2) is 7.62. The van der Waals surface area contributed by atoms with E-state index in [1.807, 2.05) is 19.9 Å². The van der Waals surface area contributed by atoms with Crippen LogP contribution in [0.15, 0.2) is 10.9 Å². The van der Waals surface area contributed by atoms with Crippen molar-refractivity contribution in [3.8, 4) is 0 Å². The van der Waals surface area contributed by atoms with Crippen molar-refractivity contribution < 1.29 is 14.3 Å². The van der Waals surface area contributed by atoms with Gasteiger partial charge in [-0.1, -0.05) is 13.8 Å². The van der Waals surface area contributed by atoms with Gasteiger partial charge in [-0.2, -0.15) is 0 Å². The van der Waals surface area contributed by atoms with E-state index in [2.05, 4.69) is 10.1 Å². The Labute approximate surface area is 168 Å². The molecule has 4 rings (SSSR count). The van der Waals surface area contributed by atoms with Crippen LogP contribution in [0.2, 0.25) is 0 Å². The fourth-order valence-electron chi connectivity index (χ4n) is 4.33. The topological polar surface area (TPSA) is 100 Å². The molecule has 4 heterocycles. The second-order valence-electron chi connectivity index (χ2n) is 8.09. The van der Waals surface area contributed by atoms with Gasteiger partial charge in [0.2, 0.25) is 11.8 Å². The Balaban J connectivity index is 1.67. The number of methoxy groups -OCH3 is 1. The summed E-state index contributed by atoms with van der Waals surface area (Å²) in [5.74, 6) is -0.0695. The van der Waals surface area contributed by atoms with Crippen LogP contribution in [0.4, 0.5) is 0 Å². The highest BCUT2D eigenvalue weighted by molar-refractivity contribution is 5.78. The number of ether oxygens (including phenoxy) is 1. The maximum absolute atomic E-state index is 13.0. The molecule has 156 valence electrons. The minimum Gasteiger partial charge on any atom is -0.375 e. The van der Waals surface area contributed by atoms with Crippen LogP contribution in [0.1, 0.15) is 49.7 Å². The fraction of sp³-hybridized carbons (Fsp3) is 0.600. The predicted octanol–water partition coefficient (Wildman–Crippen LogP) is 0.873. The van der Waals surface area contributed by atoms with Crippen molar-refractivity contribution in [2.75, 3.05) is 26.8 Å². The molecule has 1 N–H and O–H groups in total. The van der Waals surface area contributed by atoms with E-state index in [9.17, 15) is 14.4 Å². The number of aromatic nitrogens is 3. The molecule has 0 aromatic carbocycles. The first kappa shape index (κ1) is 19.6. The van der Waals surface area contributed by atoms with E-state index < -0.39 is 0 Å². The molecule has 9 heteroatoms. The zero-order valence-electron chi connectivity index (χ0n) is 17.1. The zero-order valence-corrected chi connectivity index (χ0v) is 17.1. The molecule has 0 spiro atoms. The third-order valence-electron chi connectivity index (χ3n) is 5.79. The summed E-state index contributed by atoms with van der Waals surface area (Å²) in [5, 5.41) is 3.16. The average molecular weight is 401 g/mol. The number of fused-ring (bicyclic) bond motifs is 2. The van der Waals surface area contributed by atoms with Crippen LogP contribution in [-0.2, 0) is 27.3 Å². The minimum atomic E-state index is -0.124. The third kappa shape index (κ3) is 3.43. The largest absolute Gasteiger partial charge is 0.375 e. The zero-order chi connectivity index (χ0) is 20.7. The number of aromatic amines is 1. The first-order valence-corrected chi connectivity index (χ1v) is 10.1. The molecular formula is C20H27N5O4. The molecule has 2 amide bonds. The van der Waals surface area contributed by atoms with Gasteiger partial charge in [0.25, 0.3) is 5.56 Å². The number of carbonyl (C=O) groups excluding carboxylic acids is 2. The van der Waals surface area contributed by atoms with Gasteiger partial charge in [0, 0.05) is 37.7 Å². The number of nitrogens with zero attached hydrogens (tertiary/aromatic N) is 4. The van der Waals surface area contributed by atoms with E-state index in [1.54, 1.807) is 9.80 Å². The lowest BCUT2D eigenvalue weighted by atomic mass is 10.0. The number of nitrogens with one attached hydrogen (secondary N) is 1. The van der Waals surface area contributed by atoms with E-state index in [4.69, 9.17) is 4.74 Å². The van der Waals surface area contributed by atoms with Gasteiger partial charge in [-0.3, -0.25) is 19.5 Å². The lowest BCUT2D eigenvalue weighted by Gasteiger charge is -2.29. The minimum absolute atomic E-state index is 0.0446. The Hall–Kier alpha value is -2.68. The van der Waals surface area contributed by atoms with E-state index >= 15 is 0 Å². The lowest BCUT2D eigenvalue weighted by Crippen LogP contribution is -2.41. The van der Waals surface area contributed by atoms with Crippen LogP contribution in [0.25, 0.3) is 5.65 Å². The summed E-state index contributed by atoms with van der Waals surface area (Å²) in [4.78, 5) is 45.9. The van der Waals surface area contributed by atoms with E-state index in [-0.39, 0.29) is 35.9 Å². The molecule has 1 atom stereocenters. The Kier molecular flexibility index (Phi) is 5.16. The van der Waals surface area contributed by atoms with Crippen molar-refractivity contribution in [3.05, 3.63) is 33.4 Å². The summed E-state index contributed by atoms with van der Waals surface area (Å²) < 4.78 is 6.45. The van der Waals surface area contributed by atoms with Gasteiger partial charge >= 0.3 is 0 Å². The van der Waals surface area contributed by atoms with Crippen LogP contribution in [0.3, 0.4) is 0 Å². The van der Waals surface area contributed by atoms with Crippen LogP contribution < -0.4 is 5.56 Å². The monoisotopic (exact) mass is 401 g/mol. The molecule has 2 aromatic rings. The SMILES string of the molecule is COCC(=O)N1CCCC1c1cc2nc3c(c(=O)n2[nH]1)CCN(C(=O)C(C)C)C3. The normalized spacial score (nSPS) is 19.2. The van der Waals surface area contributed by atoms with Gasteiger partial charge in [0.15, 0.2) is 5.65 Å². The van der Waals surface area contributed by atoms with Gasteiger partial charge in [-0.15, -0.1) is 0 Å². The Morgan fingerprint density at radius 3 is 2.86 bits per heavy atom. The molecular weight excluding hydrogens is 374 g/mol. The van der Waals surface area contributed by atoms with Crippen LogP contribution in [0.5, 0.6) is 0 Å². The average Bonchev–Trinajstić information content (AvgIpc) is 3.34. The molecule has 0 aliphatic carbocycles. The molecule has 2 aliphatic heterocycles. The van der Waals surface area contributed by atoms with E-state index in [1.165, 1.54) is 11.6 Å². The highest BCUT2D eigenvalue weighted by Crippen LogP contribution is 2.31. The van der Waals surface area contributed by atoms with Crippen LogP contribution >= 0.6 is 0 Å². The summed E-state index contributed by atoms with van der Waals surface area (Å²) >= 11 is 0. The summed E-state index contributed by atoms with van der Waals surface area (Å²) in [5.41, 5.74) is 2.52. The first-order valence-electron chi connectivity index (χ1n) is 10.1. The molecule has 0 bridgehead atoms. The van der Waals surface area contributed by atoms with Crippen molar-refractivity contribution in [3.63, 3.8) is 0 Å². The molecule has 2 aliphatic rings. The van der Waals surface area contributed by atoms with Crippen LogP contribution in [0, 0.1) is 5.92 Å². The Morgan fingerprint density at radius 1 is 1.34 bits per heavy atom. The summed E-state index contributed by atoms with van der Waals surface area (Å²) in [7, 11) is 1.51. The lowest BCUT2D eigenvalue weighted by molar-refractivity contribution is -0.136. The molecule has 1 unspecified atom stereocenters. The molecule has 1 saturated heterocycles. The molecule has 0 saturated carbocycles. The number of hydrogen-bond acceptors (Lipinski definition) is 5. The predicted molar refractivity (Wildman–Crippen MR) is 105 cm³/mol. The standard InChI is InChI=1S/C20H27N5O4/c1-12(2)19(27)23-8-6-13-15(10-23)21-17-9-14(22-25(17)20(13)28)16-5-4-7-24(16)18(26)11-29-3/h9,12,16,22H,4-8,10-11H2,1-3H3. The summed E-state index contributed by atoms with van der Waals surface area (Å²) in [6.45, 7) is 5.36. The smallest absolute Gasteiger partial charge is 0.276 e. The fourth-order valence-corrected chi connectivity index (χ4v) is 4.33. The van der Waals surface area contributed by atoms with Gasteiger partial charge < -0.3 is 14.5 Å². The van der Waals surface area contributed by atoms with Gasteiger partial charge in [-0.25, -0.2) is 9.50 Å². The number of likely N-dealkylation sites (tertiary alicyclic amines) is 1. The maximum atomic E-state index is 13.0. The van der Waals surface area contributed by atoms with Crippen molar-refractivity contribution >= 4 is 17.5 Å². The number of H-pyrrole nitrogens is 1. The Morgan fingerprint density at radius 2 is 2.14 bits per heavy atom. The molecule has 9 nitrogen and oxygen atoms in total. The number of amides is 2. The molecule has 2 aromatic heterocycles. The third-order valence-corrected chi connectivity index (χ3v) is 5.79. The quantitative estimate of drug-likeness (QED) is 0.820. The maximum Gasteiger partial charge on any atom is 0.276 e. The number of carbonyl (C=O) groups is 2. The van der Waals surface area contributed by atoms with E-state index in [0.717, 1.165) is 18.5 Å². The molecule has 0 radical (unpaired) electrons. The highest BCUT2D eigenvalue weighted by atomic mass is 16.5. The van der Waals surface area contributed by atoms with Crippen molar-refractivity contribution in [1.29, 1.82) is 0 Å². The summed E-state index contributed by atoms with van der Waals surface area (Å²) in [6, 6.07) is 1.73. The van der Waals surface area contributed by atoms with Crippen molar-refractivity contribution in [2.45, 2.75) is 45.7 Å². The van der Waals surface area contributed by atoms with Gasteiger partial charge in [0.05, 0.1) is 24.0 Å². The van der Waals surface area contributed by atoms with Crippen molar-refractivity contribution in [1.82, 2.24) is 24.4 Å². The molecule has 1 fully saturated rings. The number of hydrogen-bond donors (Lipinski definition) is 1. The van der Waals surface area contributed by atoms with Gasteiger partial charge in [0.1, 0.15) is 6.61 Å². The molecule has 29 heavy (non-hydrogen) atoms. The van der Waals surface area contributed by atoms with Crippen LogP contribution in [-0.4, -0.2) is 63.0 Å². The second-order valence-corrected chi connectivity index (χ2v) is 8.09. The van der Waals surface area contributed by atoms with E-state index in [0.29, 0.717) is 43.0 Å². The summed E-state index contributed by atoms with van der Waals surface area (Å²) in [6.07, 6.45) is 2.23. The van der Waals surface area contributed by atoms with Gasteiger partial charge in [-0.05, 0) is 19.3 Å². The number of rotatable bonds is 4. The first-order chi connectivity index (χ1) is 13.9.